The third-order valence-electron chi connectivity index (χ3n) is 1.56. The fourth-order valence-electron chi connectivity index (χ4n) is 1.05. The Labute approximate surface area is 74.2 Å². The van der Waals surface area contributed by atoms with Gasteiger partial charge in [-0.15, -0.1) is 0 Å². The number of rotatable bonds is 1. The highest BCUT2D eigenvalue weighted by Gasteiger charge is 2.04. The lowest BCUT2D eigenvalue weighted by Crippen LogP contribution is -2.23. The van der Waals surface area contributed by atoms with Crippen molar-refractivity contribution in [1.29, 1.82) is 0 Å². The zero-order chi connectivity index (χ0) is 7.40. The van der Waals surface area contributed by atoms with Crippen molar-refractivity contribution in [3.05, 3.63) is 11.6 Å². The van der Waals surface area contributed by atoms with E-state index in [9.17, 15) is 4.79 Å². The first-order valence-corrected chi connectivity index (χ1v) is 4.46. The van der Waals surface area contributed by atoms with Gasteiger partial charge in [0, 0.05) is 22.6 Å². The van der Waals surface area contributed by atoms with Crippen LogP contribution in [0.25, 0.3) is 0 Å². The number of carbonyl (C=O) groups is 1. The van der Waals surface area contributed by atoms with Crippen LogP contribution in [0.3, 0.4) is 0 Å². The molecule has 0 bridgehead atoms. The van der Waals surface area contributed by atoms with Gasteiger partial charge in [0.15, 0.2) is 0 Å². The van der Waals surface area contributed by atoms with E-state index < -0.39 is 0 Å². The Bertz CT molecular complexity index is 157. The first-order valence-electron chi connectivity index (χ1n) is 3.38. The first kappa shape index (κ1) is 8.20. The van der Waals surface area contributed by atoms with Gasteiger partial charge in [0.1, 0.15) is 0 Å². The Morgan fingerprint density at radius 3 is 2.60 bits per heavy atom. The van der Waals surface area contributed by atoms with Crippen LogP contribution in [0.2, 0.25) is 0 Å². The van der Waals surface area contributed by atoms with Gasteiger partial charge in [-0.1, -0.05) is 5.57 Å². The van der Waals surface area contributed by atoms with Crippen LogP contribution in [0.5, 0.6) is 0 Å². The minimum Gasteiger partial charge on any atom is -0.316 e. The van der Waals surface area contributed by atoms with Gasteiger partial charge in [-0.2, -0.15) is 0 Å². The number of hydrogen-bond acceptors (Lipinski definition) is 2. The molecule has 2 nitrogen and oxygen atoms in total. The molecule has 1 heterocycles. The number of nitrogens with one attached hydrogen (secondary N) is 1. The van der Waals surface area contributed by atoms with Crippen LogP contribution in [0, 0.1) is 0 Å². The maximum Gasteiger partial charge on any atom is 0.215 e. The van der Waals surface area contributed by atoms with Crippen molar-refractivity contribution in [3.8, 4) is 0 Å². The third kappa shape index (κ3) is 2.79. The van der Waals surface area contributed by atoms with Gasteiger partial charge >= 0.3 is 0 Å². The minimum atomic E-state index is 0.148. The summed E-state index contributed by atoms with van der Waals surface area (Å²) in [5.41, 5.74) is 1.29. The van der Waals surface area contributed by atoms with Crippen LogP contribution in [0.1, 0.15) is 12.8 Å². The van der Waals surface area contributed by atoms with Gasteiger partial charge in [-0.25, -0.2) is 0 Å². The molecule has 0 amide bonds. The zero-order valence-corrected chi connectivity index (χ0v) is 7.85. The molecule has 0 aliphatic carbocycles. The predicted molar refractivity (Wildman–Crippen MR) is 49.2 cm³/mol. The molecule has 3 heteroatoms. The van der Waals surface area contributed by atoms with E-state index in [2.05, 4.69) is 5.32 Å². The van der Waals surface area contributed by atoms with Crippen LogP contribution in [0.15, 0.2) is 11.6 Å². The lowest BCUT2D eigenvalue weighted by Gasteiger charge is -2.13. The van der Waals surface area contributed by atoms with Crippen molar-refractivity contribution in [2.75, 3.05) is 13.1 Å². The first-order chi connectivity index (χ1) is 4.79. The summed E-state index contributed by atoms with van der Waals surface area (Å²) in [7, 11) is 0. The van der Waals surface area contributed by atoms with Gasteiger partial charge in [0.05, 0.1) is 0 Å². The molecule has 0 aromatic rings. The van der Waals surface area contributed by atoms with Gasteiger partial charge in [0.2, 0.25) is 3.79 Å². The monoisotopic (exact) mass is 251 g/mol. The lowest BCUT2D eigenvalue weighted by molar-refractivity contribution is -0.105. The van der Waals surface area contributed by atoms with Crippen molar-refractivity contribution in [2.24, 2.45) is 0 Å². The van der Waals surface area contributed by atoms with E-state index in [0.717, 1.165) is 25.9 Å². The number of hydrogen-bond donors (Lipinski definition) is 1. The summed E-state index contributed by atoms with van der Waals surface area (Å²) in [5.74, 6) is 0. The number of piperidine rings is 1. The lowest BCUT2D eigenvalue weighted by atomic mass is 10.1. The normalized spacial score (nSPS) is 18.7. The molecule has 1 aliphatic heterocycles. The molecular formula is C7H10INO. The highest BCUT2D eigenvalue weighted by atomic mass is 127. The van der Waals surface area contributed by atoms with E-state index in [1.54, 1.807) is 6.08 Å². The molecule has 0 spiro atoms. The van der Waals surface area contributed by atoms with Crippen LogP contribution in [0.4, 0.5) is 0 Å². The maximum atomic E-state index is 10.6. The summed E-state index contributed by atoms with van der Waals surface area (Å²) in [4.78, 5) is 10.6. The molecule has 0 aromatic carbocycles. The molecule has 0 unspecified atom stereocenters. The summed E-state index contributed by atoms with van der Waals surface area (Å²) < 4.78 is 0.148. The second kappa shape index (κ2) is 4.08. The second-order valence-corrected chi connectivity index (χ2v) is 3.42. The van der Waals surface area contributed by atoms with Crippen molar-refractivity contribution in [1.82, 2.24) is 5.32 Å². The van der Waals surface area contributed by atoms with Crippen LogP contribution in [-0.4, -0.2) is 16.9 Å². The summed E-state index contributed by atoms with van der Waals surface area (Å²) >= 11 is 1.81. The molecule has 1 rings (SSSR count). The highest BCUT2D eigenvalue weighted by Crippen LogP contribution is 2.10. The summed E-state index contributed by atoms with van der Waals surface area (Å²) in [6.07, 6.45) is 3.82. The van der Waals surface area contributed by atoms with Crippen molar-refractivity contribution < 1.29 is 4.79 Å². The largest absolute Gasteiger partial charge is 0.316 e. The average molecular weight is 251 g/mol. The molecular weight excluding hydrogens is 241 g/mol. The van der Waals surface area contributed by atoms with Gasteiger partial charge in [-0.3, -0.25) is 4.79 Å². The number of halogens is 1. The third-order valence-corrected chi connectivity index (χ3v) is 1.87. The van der Waals surface area contributed by atoms with E-state index >= 15 is 0 Å². The predicted octanol–water partition coefficient (Wildman–Crippen LogP) is 1.26. The Hall–Kier alpha value is 0.1000. The molecule has 10 heavy (non-hydrogen) atoms. The van der Waals surface area contributed by atoms with Crippen molar-refractivity contribution in [3.63, 3.8) is 0 Å². The van der Waals surface area contributed by atoms with Gasteiger partial charge < -0.3 is 5.32 Å². The molecule has 1 N–H and O–H groups in total. The zero-order valence-electron chi connectivity index (χ0n) is 5.69. The van der Waals surface area contributed by atoms with Crippen LogP contribution in [-0.2, 0) is 4.79 Å². The molecule has 0 atom stereocenters. The fraction of sp³-hybridized carbons (Fsp3) is 0.571. The van der Waals surface area contributed by atoms with Crippen LogP contribution < -0.4 is 5.32 Å². The summed E-state index contributed by atoms with van der Waals surface area (Å²) in [5, 5.41) is 3.23. The quantitative estimate of drug-likeness (QED) is 0.432. The Kier molecular flexibility index (Phi) is 3.34. The SMILES string of the molecule is O=C(I)C=C1CCNCC1. The molecule has 0 saturated carbocycles. The Morgan fingerprint density at radius 2 is 2.10 bits per heavy atom. The Balaban J connectivity index is 2.45. The van der Waals surface area contributed by atoms with E-state index in [-0.39, 0.29) is 3.79 Å². The fourth-order valence-corrected chi connectivity index (χ4v) is 1.49. The standard InChI is InChI=1S/C7H10INO/c8-7(10)5-6-1-3-9-4-2-6/h5,9H,1-4H2. The van der Waals surface area contributed by atoms with Gasteiger partial charge in [0.25, 0.3) is 0 Å². The van der Waals surface area contributed by atoms with Crippen molar-refractivity contribution >= 4 is 26.4 Å². The molecule has 1 aliphatic rings. The Morgan fingerprint density at radius 1 is 1.50 bits per heavy atom. The van der Waals surface area contributed by atoms with E-state index in [0.29, 0.717) is 0 Å². The number of carbonyl (C=O) groups excluding carboxylic acids is 1. The highest BCUT2D eigenvalue weighted by molar-refractivity contribution is 14.1. The smallest absolute Gasteiger partial charge is 0.215 e. The molecule has 1 saturated heterocycles. The number of allylic oxidation sites excluding steroid dienone is 1. The van der Waals surface area contributed by atoms with E-state index in [1.807, 2.05) is 22.6 Å². The topological polar surface area (TPSA) is 29.1 Å². The van der Waals surface area contributed by atoms with Crippen molar-refractivity contribution in [2.45, 2.75) is 12.8 Å². The second-order valence-electron chi connectivity index (χ2n) is 2.36. The van der Waals surface area contributed by atoms with E-state index in [1.165, 1.54) is 5.57 Å². The molecule has 0 radical (unpaired) electrons. The van der Waals surface area contributed by atoms with Gasteiger partial charge in [-0.05, 0) is 32.0 Å². The molecule has 0 aromatic heterocycles. The summed E-state index contributed by atoms with van der Waals surface area (Å²) in [6, 6.07) is 0. The minimum absolute atomic E-state index is 0.148. The van der Waals surface area contributed by atoms with E-state index in [4.69, 9.17) is 0 Å². The van der Waals surface area contributed by atoms with Crippen LogP contribution >= 0.6 is 22.6 Å². The molecule has 56 valence electrons. The maximum absolute atomic E-state index is 10.6. The average Bonchev–Trinajstić information content (AvgIpc) is 1.88. The molecule has 1 fully saturated rings. The summed E-state index contributed by atoms with van der Waals surface area (Å²) in [6.45, 7) is 2.05.